The summed E-state index contributed by atoms with van der Waals surface area (Å²) in [5, 5.41) is 11.4. The zero-order valence-electron chi connectivity index (χ0n) is 13.4. The van der Waals surface area contributed by atoms with Gasteiger partial charge in [-0.1, -0.05) is 24.3 Å². The molecule has 0 radical (unpaired) electrons. The van der Waals surface area contributed by atoms with Crippen molar-refractivity contribution in [3.8, 4) is 0 Å². The second kappa shape index (κ2) is 6.63. The van der Waals surface area contributed by atoms with Crippen molar-refractivity contribution in [3.63, 3.8) is 0 Å². The molecule has 1 aliphatic carbocycles. The van der Waals surface area contributed by atoms with Gasteiger partial charge in [-0.2, -0.15) is 0 Å². The zero-order valence-corrected chi connectivity index (χ0v) is 13.4. The number of carboxylic acids is 1. The highest BCUT2D eigenvalue weighted by Gasteiger charge is 2.50. The van der Waals surface area contributed by atoms with Gasteiger partial charge in [0.25, 0.3) is 0 Å². The molecule has 25 heavy (non-hydrogen) atoms. The summed E-state index contributed by atoms with van der Waals surface area (Å²) in [5.74, 6) is -2.43. The normalized spacial score (nSPS) is 14.8. The summed E-state index contributed by atoms with van der Waals surface area (Å²) in [6.45, 7) is 0. The first kappa shape index (κ1) is 17.1. The van der Waals surface area contributed by atoms with Gasteiger partial charge in [-0.3, -0.25) is 9.59 Å². The van der Waals surface area contributed by atoms with Gasteiger partial charge in [0, 0.05) is 5.69 Å². The fourth-order valence-corrected chi connectivity index (χ4v) is 2.84. The van der Waals surface area contributed by atoms with E-state index in [1.165, 1.54) is 18.2 Å². The second-order valence-electron chi connectivity index (χ2n) is 6.38. The van der Waals surface area contributed by atoms with E-state index in [1.807, 2.05) is 0 Å². The third-order valence-electron chi connectivity index (χ3n) is 4.47. The lowest BCUT2D eigenvalue weighted by molar-refractivity contribution is -0.136. The van der Waals surface area contributed by atoms with Gasteiger partial charge in [0.1, 0.15) is 11.6 Å². The molecule has 2 aromatic rings. The third kappa shape index (κ3) is 3.84. The topological polar surface area (TPSA) is 66.4 Å². The largest absolute Gasteiger partial charge is 0.481 e. The summed E-state index contributed by atoms with van der Waals surface area (Å²) in [7, 11) is 0. The van der Waals surface area contributed by atoms with Crippen LogP contribution in [-0.4, -0.2) is 17.0 Å². The molecule has 0 aromatic heterocycles. The lowest BCUT2D eigenvalue weighted by Crippen LogP contribution is -2.26. The van der Waals surface area contributed by atoms with Gasteiger partial charge in [-0.25, -0.2) is 8.78 Å². The SMILES string of the molecule is O=C(O)Cc1ccc(NC(=O)C2(Cc3ccccc3F)CC2)cc1F. The molecule has 2 N–H and O–H groups in total. The van der Waals surface area contributed by atoms with Crippen molar-refractivity contribution in [1.82, 2.24) is 0 Å². The van der Waals surface area contributed by atoms with Gasteiger partial charge in [-0.05, 0) is 48.6 Å². The Labute approximate surface area is 143 Å². The number of nitrogens with one attached hydrogen (secondary N) is 1. The first-order valence-electron chi connectivity index (χ1n) is 7.95. The van der Waals surface area contributed by atoms with Crippen LogP contribution in [0.25, 0.3) is 0 Å². The van der Waals surface area contributed by atoms with Crippen molar-refractivity contribution in [1.29, 1.82) is 0 Å². The van der Waals surface area contributed by atoms with Gasteiger partial charge in [0.15, 0.2) is 0 Å². The van der Waals surface area contributed by atoms with Crippen LogP contribution < -0.4 is 5.32 Å². The minimum atomic E-state index is -1.13. The number of anilines is 1. The molecule has 130 valence electrons. The van der Waals surface area contributed by atoms with Gasteiger partial charge >= 0.3 is 5.97 Å². The van der Waals surface area contributed by atoms with Crippen LogP contribution in [0.4, 0.5) is 14.5 Å². The lowest BCUT2D eigenvalue weighted by Gasteiger charge is -2.16. The Balaban J connectivity index is 1.71. The number of carboxylic acid groups (broad SMARTS) is 1. The van der Waals surface area contributed by atoms with Crippen molar-refractivity contribution >= 4 is 17.6 Å². The summed E-state index contributed by atoms with van der Waals surface area (Å²) in [6.07, 6.45) is 1.17. The molecule has 1 amide bonds. The number of halogens is 2. The molecular formula is C19H17F2NO3. The first-order valence-corrected chi connectivity index (χ1v) is 7.95. The van der Waals surface area contributed by atoms with E-state index >= 15 is 0 Å². The van der Waals surface area contributed by atoms with Crippen LogP contribution >= 0.6 is 0 Å². The summed E-state index contributed by atoms with van der Waals surface area (Å²) < 4.78 is 27.7. The summed E-state index contributed by atoms with van der Waals surface area (Å²) in [6, 6.07) is 10.3. The first-order chi connectivity index (χ1) is 11.9. The van der Waals surface area contributed by atoms with Crippen LogP contribution in [0.5, 0.6) is 0 Å². The molecule has 0 unspecified atom stereocenters. The molecule has 0 atom stereocenters. The molecule has 0 bridgehead atoms. The molecule has 0 spiro atoms. The van der Waals surface area contributed by atoms with Crippen LogP contribution in [0.3, 0.4) is 0 Å². The minimum absolute atomic E-state index is 0.0537. The number of benzene rings is 2. The lowest BCUT2D eigenvalue weighted by atomic mass is 9.95. The average molecular weight is 345 g/mol. The predicted molar refractivity (Wildman–Crippen MR) is 88.1 cm³/mol. The molecule has 3 rings (SSSR count). The van der Waals surface area contributed by atoms with Gasteiger partial charge in [0.05, 0.1) is 11.8 Å². The van der Waals surface area contributed by atoms with Crippen LogP contribution in [0.2, 0.25) is 0 Å². The summed E-state index contributed by atoms with van der Waals surface area (Å²) >= 11 is 0. The highest BCUT2D eigenvalue weighted by Crippen LogP contribution is 2.49. The van der Waals surface area contributed by atoms with Crippen LogP contribution in [0.15, 0.2) is 42.5 Å². The van der Waals surface area contributed by atoms with Gasteiger partial charge in [-0.15, -0.1) is 0 Å². The van der Waals surface area contributed by atoms with Crippen molar-refractivity contribution in [2.24, 2.45) is 5.41 Å². The molecule has 6 heteroatoms. The molecule has 4 nitrogen and oxygen atoms in total. The van der Waals surface area contributed by atoms with Crippen LogP contribution in [0, 0.1) is 17.0 Å². The second-order valence-corrected chi connectivity index (χ2v) is 6.38. The van der Waals surface area contributed by atoms with Crippen molar-refractivity contribution < 1.29 is 23.5 Å². The van der Waals surface area contributed by atoms with E-state index in [0.717, 1.165) is 6.07 Å². The van der Waals surface area contributed by atoms with E-state index in [0.29, 0.717) is 24.8 Å². The highest BCUT2D eigenvalue weighted by atomic mass is 19.1. The highest BCUT2D eigenvalue weighted by molar-refractivity contribution is 5.97. The smallest absolute Gasteiger partial charge is 0.307 e. The van der Waals surface area contributed by atoms with E-state index < -0.39 is 23.6 Å². The van der Waals surface area contributed by atoms with Crippen LogP contribution in [-0.2, 0) is 22.4 Å². The maximum Gasteiger partial charge on any atom is 0.307 e. The molecule has 0 aliphatic heterocycles. The van der Waals surface area contributed by atoms with E-state index in [1.54, 1.807) is 18.2 Å². The molecule has 1 aliphatic rings. The van der Waals surface area contributed by atoms with Crippen molar-refractivity contribution in [3.05, 3.63) is 65.2 Å². The molecular weight excluding hydrogens is 328 g/mol. The Hall–Kier alpha value is -2.76. The fourth-order valence-electron chi connectivity index (χ4n) is 2.84. The number of carbonyl (C=O) groups is 2. The molecule has 1 fully saturated rings. The van der Waals surface area contributed by atoms with Crippen molar-refractivity contribution in [2.45, 2.75) is 25.7 Å². The number of amides is 1. The van der Waals surface area contributed by atoms with E-state index in [-0.39, 0.29) is 23.0 Å². The number of aliphatic carboxylic acids is 1. The Morgan fingerprint density at radius 3 is 2.36 bits per heavy atom. The van der Waals surface area contributed by atoms with Crippen LogP contribution in [0.1, 0.15) is 24.0 Å². The minimum Gasteiger partial charge on any atom is -0.481 e. The van der Waals surface area contributed by atoms with E-state index in [9.17, 15) is 18.4 Å². The number of hydrogen-bond acceptors (Lipinski definition) is 2. The maximum absolute atomic E-state index is 13.9. The van der Waals surface area contributed by atoms with E-state index in [4.69, 9.17) is 5.11 Å². The molecule has 0 heterocycles. The van der Waals surface area contributed by atoms with E-state index in [2.05, 4.69) is 5.32 Å². The Bertz CT molecular complexity index is 831. The number of carbonyl (C=O) groups excluding carboxylic acids is 1. The van der Waals surface area contributed by atoms with Crippen molar-refractivity contribution in [2.75, 3.05) is 5.32 Å². The average Bonchev–Trinajstić information content (AvgIpc) is 3.33. The quantitative estimate of drug-likeness (QED) is 0.841. The summed E-state index contributed by atoms with van der Waals surface area (Å²) in [5.41, 5.74) is 0.130. The predicted octanol–water partition coefficient (Wildman–Crippen LogP) is 3.55. The molecule has 2 aromatic carbocycles. The number of rotatable bonds is 6. The Morgan fingerprint density at radius 1 is 1.04 bits per heavy atom. The molecule has 1 saturated carbocycles. The standard InChI is InChI=1S/C19H17F2NO3/c20-15-4-2-1-3-13(15)11-19(7-8-19)18(25)22-14-6-5-12(9-17(23)24)16(21)10-14/h1-6,10H,7-9,11H2,(H,22,25)(H,23,24). The third-order valence-corrected chi connectivity index (χ3v) is 4.47. The number of hydrogen-bond donors (Lipinski definition) is 2. The van der Waals surface area contributed by atoms with Gasteiger partial charge in [0.2, 0.25) is 5.91 Å². The maximum atomic E-state index is 13.9. The monoisotopic (exact) mass is 345 g/mol. The summed E-state index contributed by atoms with van der Waals surface area (Å²) in [4.78, 5) is 23.2. The Morgan fingerprint density at radius 2 is 1.76 bits per heavy atom. The Kier molecular flexibility index (Phi) is 4.53. The van der Waals surface area contributed by atoms with Gasteiger partial charge < -0.3 is 10.4 Å². The zero-order chi connectivity index (χ0) is 18.0. The fraction of sp³-hybridized carbons (Fsp3) is 0.263. The molecule has 0 saturated heterocycles.